The normalized spacial score (nSPS) is 12.5. The molecule has 0 aromatic heterocycles. The van der Waals surface area contributed by atoms with Crippen LogP contribution in [0.2, 0.25) is 0 Å². The third kappa shape index (κ3) is 5.85. The number of ether oxygens (including phenoxy) is 1. The number of nitrogens with zero attached hydrogens (tertiary/aromatic N) is 1. The summed E-state index contributed by atoms with van der Waals surface area (Å²) < 4.78 is 4.53. The van der Waals surface area contributed by atoms with Gasteiger partial charge in [-0.3, -0.25) is 4.79 Å². The van der Waals surface area contributed by atoms with Crippen LogP contribution in [0.25, 0.3) is 0 Å². The maximum Gasteiger partial charge on any atom is 0.308 e. The highest BCUT2D eigenvalue weighted by atomic mass is 16.5. The summed E-state index contributed by atoms with van der Waals surface area (Å²) in [6.07, 6.45) is 0.314. The Labute approximate surface area is 115 Å². The summed E-state index contributed by atoms with van der Waals surface area (Å²) in [6, 6.07) is 8.28. The van der Waals surface area contributed by atoms with Crippen LogP contribution in [0.1, 0.15) is 17.5 Å². The Morgan fingerprint density at radius 2 is 2.11 bits per heavy atom. The van der Waals surface area contributed by atoms with E-state index in [4.69, 9.17) is 0 Å². The molecule has 0 radical (unpaired) electrons. The van der Waals surface area contributed by atoms with E-state index in [1.54, 1.807) is 0 Å². The van der Waals surface area contributed by atoms with Crippen molar-refractivity contribution in [3.05, 3.63) is 35.4 Å². The number of esters is 1. The van der Waals surface area contributed by atoms with Crippen LogP contribution < -0.4 is 0 Å². The van der Waals surface area contributed by atoms with Gasteiger partial charge in [-0.15, -0.1) is 0 Å². The summed E-state index contributed by atoms with van der Waals surface area (Å²) in [5.41, 5.74) is 2.60. The minimum absolute atomic E-state index is 0.0468. The van der Waals surface area contributed by atoms with Gasteiger partial charge in [0, 0.05) is 13.1 Å². The Morgan fingerprint density at radius 3 is 2.74 bits per heavy atom. The number of benzene rings is 1. The fourth-order valence-electron chi connectivity index (χ4n) is 1.99. The fraction of sp³-hybridized carbons (Fsp3) is 0.533. The minimum Gasteiger partial charge on any atom is -0.469 e. The van der Waals surface area contributed by atoms with Gasteiger partial charge in [-0.25, -0.2) is 0 Å². The Morgan fingerprint density at radius 1 is 1.42 bits per heavy atom. The lowest BCUT2D eigenvalue weighted by Crippen LogP contribution is -2.32. The number of hydrogen-bond donors (Lipinski definition) is 1. The first-order chi connectivity index (χ1) is 9.02. The van der Waals surface area contributed by atoms with Gasteiger partial charge in [0.15, 0.2) is 0 Å². The second-order valence-electron chi connectivity index (χ2n) is 4.87. The van der Waals surface area contributed by atoms with Crippen molar-refractivity contribution in [1.29, 1.82) is 0 Å². The molecule has 1 aromatic carbocycles. The highest BCUT2D eigenvalue weighted by Gasteiger charge is 2.13. The smallest absolute Gasteiger partial charge is 0.308 e. The molecule has 1 unspecified atom stereocenters. The van der Waals surface area contributed by atoms with Crippen LogP contribution in [-0.2, 0) is 16.0 Å². The number of carbonyl (C=O) groups excluding carboxylic acids is 1. The molecule has 19 heavy (non-hydrogen) atoms. The van der Waals surface area contributed by atoms with Crippen molar-refractivity contribution in [3.8, 4) is 0 Å². The van der Waals surface area contributed by atoms with Crippen molar-refractivity contribution in [3.63, 3.8) is 0 Å². The number of carbonyl (C=O) groups is 1. The number of hydrogen-bond acceptors (Lipinski definition) is 4. The summed E-state index contributed by atoms with van der Waals surface area (Å²) in [5, 5.41) is 9.73. The van der Waals surface area contributed by atoms with Crippen molar-refractivity contribution in [2.24, 2.45) is 0 Å². The first kappa shape index (κ1) is 15.7. The SMILES string of the molecule is COC(=O)CC(O)CN(C)CCc1ccccc1C. The Balaban J connectivity index is 2.33. The lowest BCUT2D eigenvalue weighted by atomic mass is 10.1. The lowest BCUT2D eigenvalue weighted by Gasteiger charge is -2.20. The average molecular weight is 265 g/mol. The average Bonchev–Trinajstić information content (AvgIpc) is 2.37. The van der Waals surface area contributed by atoms with Gasteiger partial charge in [0.2, 0.25) is 0 Å². The molecule has 4 heteroatoms. The van der Waals surface area contributed by atoms with Gasteiger partial charge in [0.05, 0.1) is 19.6 Å². The van der Waals surface area contributed by atoms with Crippen LogP contribution in [0.15, 0.2) is 24.3 Å². The molecule has 0 fully saturated rings. The third-order valence-corrected chi connectivity index (χ3v) is 3.18. The first-order valence-corrected chi connectivity index (χ1v) is 6.51. The highest BCUT2D eigenvalue weighted by molar-refractivity contribution is 5.69. The predicted molar refractivity (Wildman–Crippen MR) is 75.0 cm³/mol. The number of aliphatic hydroxyl groups excluding tert-OH is 1. The van der Waals surface area contributed by atoms with E-state index in [1.807, 2.05) is 24.1 Å². The van der Waals surface area contributed by atoms with Crippen LogP contribution in [0.3, 0.4) is 0 Å². The van der Waals surface area contributed by atoms with Crippen molar-refractivity contribution >= 4 is 5.97 Å². The van der Waals surface area contributed by atoms with E-state index >= 15 is 0 Å². The number of methoxy groups -OCH3 is 1. The van der Waals surface area contributed by atoms with E-state index in [0.717, 1.165) is 13.0 Å². The summed E-state index contributed by atoms with van der Waals surface area (Å²) >= 11 is 0. The number of aliphatic hydroxyl groups is 1. The van der Waals surface area contributed by atoms with Gasteiger partial charge in [-0.2, -0.15) is 0 Å². The van der Waals surface area contributed by atoms with Crippen molar-refractivity contribution < 1.29 is 14.6 Å². The highest BCUT2D eigenvalue weighted by Crippen LogP contribution is 2.08. The summed E-state index contributed by atoms with van der Waals surface area (Å²) in [4.78, 5) is 13.1. The molecule has 0 saturated heterocycles. The van der Waals surface area contributed by atoms with Crippen molar-refractivity contribution in [2.45, 2.75) is 25.9 Å². The topological polar surface area (TPSA) is 49.8 Å². The number of likely N-dealkylation sites (N-methyl/N-ethyl adjacent to an activating group) is 1. The summed E-state index contributed by atoms with van der Waals surface area (Å²) in [7, 11) is 3.27. The molecular weight excluding hydrogens is 242 g/mol. The number of aryl methyl sites for hydroxylation is 1. The molecule has 0 spiro atoms. The van der Waals surface area contributed by atoms with Crippen LogP contribution in [0.4, 0.5) is 0 Å². The molecule has 0 aliphatic heterocycles. The maximum atomic E-state index is 11.0. The van der Waals surface area contributed by atoms with Crippen LogP contribution in [-0.4, -0.2) is 49.3 Å². The molecule has 0 aliphatic rings. The van der Waals surface area contributed by atoms with Gasteiger partial charge in [0.25, 0.3) is 0 Å². The second kappa shape index (κ2) is 7.92. The molecule has 1 aromatic rings. The van der Waals surface area contributed by atoms with Gasteiger partial charge >= 0.3 is 5.97 Å². The van der Waals surface area contributed by atoms with Crippen LogP contribution in [0, 0.1) is 6.92 Å². The molecule has 1 N–H and O–H groups in total. The second-order valence-corrected chi connectivity index (χ2v) is 4.87. The largest absolute Gasteiger partial charge is 0.469 e. The third-order valence-electron chi connectivity index (χ3n) is 3.18. The van der Waals surface area contributed by atoms with E-state index in [1.165, 1.54) is 18.2 Å². The lowest BCUT2D eigenvalue weighted by molar-refractivity contribution is -0.143. The predicted octanol–water partition coefficient (Wildman–Crippen LogP) is 1.39. The molecule has 0 bridgehead atoms. The van der Waals surface area contributed by atoms with Crippen LogP contribution >= 0.6 is 0 Å². The molecule has 0 saturated carbocycles. The molecule has 1 rings (SSSR count). The monoisotopic (exact) mass is 265 g/mol. The minimum atomic E-state index is -0.672. The summed E-state index contributed by atoms with van der Waals surface area (Å²) in [5.74, 6) is -0.375. The van der Waals surface area contributed by atoms with Gasteiger partial charge in [0.1, 0.15) is 0 Å². The zero-order valence-electron chi connectivity index (χ0n) is 11.9. The van der Waals surface area contributed by atoms with Gasteiger partial charge in [-0.1, -0.05) is 24.3 Å². The van der Waals surface area contributed by atoms with E-state index in [-0.39, 0.29) is 12.4 Å². The molecule has 0 heterocycles. The Bertz CT molecular complexity index is 406. The quantitative estimate of drug-likeness (QED) is 0.757. The van der Waals surface area contributed by atoms with Crippen molar-refractivity contribution in [1.82, 2.24) is 4.90 Å². The summed E-state index contributed by atoms with van der Waals surface area (Å²) in [6.45, 7) is 3.42. The first-order valence-electron chi connectivity index (χ1n) is 6.51. The zero-order valence-corrected chi connectivity index (χ0v) is 11.9. The molecule has 0 aliphatic carbocycles. The molecule has 4 nitrogen and oxygen atoms in total. The van der Waals surface area contributed by atoms with Crippen molar-refractivity contribution in [2.75, 3.05) is 27.2 Å². The van der Waals surface area contributed by atoms with Gasteiger partial charge in [-0.05, 0) is 31.5 Å². The molecule has 0 amide bonds. The molecular formula is C15H23NO3. The molecule has 106 valence electrons. The maximum absolute atomic E-state index is 11.0. The molecule has 1 atom stereocenters. The Kier molecular flexibility index (Phi) is 6.53. The number of rotatable bonds is 7. The zero-order chi connectivity index (χ0) is 14.3. The van der Waals surface area contributed by atoms with E-state index in [2.05, 4.69) is 23.8 Å². The van der Waals surface area contributed by atoms with Crippen LogP contribution in [0.5, 0.6) is 0 Å². The van der Waals surface area contributed by atoms with E-state index in [0.29, 0.717) is 6.54 Å². The Hall–Kier alpha value is -1.39. The van der Waals surface area contributed by atoms with Gasteiger partial charge < -0.3 is 14.7 Å². The van der Waals surface area contributed by atoms with E-state index < -0.39 is 6.10 Å². The van der Waals surface area contributed by atoms with E-state index in [9.17, 15) is 9.90 Å². The standard InChI is InChI=1S/C15H23NO3/c1-12-6-4-5-7-13(12)8-9-16(2)11-14(17)10-15(18)19-3/h4-7,14,17H,8-11H2,1-3H3. The fourth-order valence-corrected chi connectivity index (χ4v) is 1.99.